The number of rotatable bonds is 4. The molecule has 4 heteroatoms. The van der Waals surface area contributed by atoms with E-state index in [1.807, 2.05) is 19.9 Å². The fourth-order valence-electron chi connectivity index (χ4n) is 2.71. The van der Waals surface area contributed by atoms with E-state index in [4.69, 9.17) is 4.74 Å². The van der Waals surface area contributed by atoms with Crippen LogP contribution in [0, 0.1) is 0 Å². The van der Waals surface area contributed by atoms with Crippen LogP contribution in [0.3, 0.4) is 0 Å². The Kier molecular flexibility index (Phi) is 4.66. The van der Waals surface area contributed by atoms with Crippen LogP contribution in [-0.2, 0) is 5.60 Å². The van der Waals surface area contributed by atoms with E-state index in [9.17, 15) is 5.11 Å². The van der Waals surface area contributed by atoms with Crippen LogP contribution >= 0.6 is 0 Å². The fourth-order valence-corrected chi connectivity index (χ4v) is 2.71. The molecule has 2 rings (SSSR count). The number of hydrogen-bond donors (Lipinski definition) is 1. The van der Waals surface area contributed by atoms with Crippen LogP contribution in [0.1, 0.15) is 46.1 Å². The van der Waals surface area contributed by atoms with Gasteiger partial charge in [-0.1, -0.05) is 0 Å². The summed E-state index contributed by atoms with van der Waals surface area (Å²) in [5.74, 6) is 0.734. The van der Waals surface area contributed by atoms with Crippen molar-refractivity contribution in [2.75, 3.05) is 13.1 Å². The van der Waals surface area contributed by atoms with Gasteiger partial charge in [0.15, 0.2) is 0 Å². The van der Waals surface area contributed by atoms with Crippen LogP contribution in [-0.4, -0.2) is 40.2 Å². The van der Waals surface area contributed by atoms with Gasteiger partial charge in [0, 0.05) is 30.9 Å². The van der Waals surface area contributed by atoms with E-state index in [0.29, 0.717) is 6.04 Å². The lowest BCUT2D eigenvalue weighted by molar-refractivity contribution is -0.0328. The molecule has 0 bridgehead atoms. The van der Waals surface area contributed by atoms with Gasteiger partial charge in [-0.3, -0.25) is 4.98 Å². The summed E-state index contributed by atoms with van der Waals surface area (Å²) in [4.78, 5) is 6.61. The van der Waals surface area contributed by atoms with Crippen LogP contribution in [0.5, 0.6) is 5.75 Å². The average Bonchev–Trinajstić information content (AvgIpc) is 2.39. The zero-order chi connectivity index (χ0) is 14.8. The molecule has 0 radical (unpaired) electrons. The van der Waals surface area contributed by atoms with Gasteiger partial charge >= 0.3 is 0 Å². The van der Waals surface area contributed by atoms with E-state index in [1.165, 1.54) is 0 Å². The molecule has 1 aliphatic rings. The number of aromatic nitrogens is 1. The van der Waals surface area contributed by atoms with Crippen molar-refractivity contribution in [1.82, 2.24) is 9.88 Å². The minimum atomic E-state index is -0.769. The first-order valence-corrected chi connectivity index (χ1v) is 7.49. The molecule has 1 aromatic heterocycles. The van der Waals surface area contributed by atoms with E-state index >= 15 is 0 Å². The highest BCUT2D eigenvalue weighted by Gasteiger charge is 2.35. The summed E-state index contributed by atoms with van der Waals surface area (Å²) < 4.78 is 5.67. The molecular formula is C16H26N2O2. The predicted molar refractivity (Wildman–Crippen MR) is 79.8 cm³/mol. The van der Waals surface area contributed by atoms with Crippen molar-refractivity contribution in [3.05, 3.63) is 24.0 Å². The minimum Gasteiger partial charge on any atom is -0.489 e. The first kappa shape index (κ1) is 15.3. The maximum absolute atomic E-state index is 10.9. The standard InChI is InChI=1S/C16H26N2O2/c1-12(2)18-7-5-16(19,6-8-18)14-9-15(11-17-10-14)20-13(3)4/h9-13,19H,5-8H2,1-4H3. The molecule has 1 fully saturated rings. The normalized spacial score (nSPS) is 19.6. The SMILES string of the molecule is CC(C)Oc1cncc(C2(O)CCN(C(C)C)CC2)c1. The Labute approximate surface area is 121 Å². The number of hydrogen-bond acceptors (Lipinski definition) is 4. The van der Waals surface area contributed by atoms with Crippen molar-refractivity contribution in [3.63, 3.8) is 0 Å². The van der Waals surface area contributed by atoms with Crippen molar-refractivity contribution in [2.45, 2.75) is 58.3 Å². The molecule has 0 aliphatic carbocycles. The Balaban J connectivity index is 2.11. The lowest BCUT2D eigenvalue weighted by Gasteiger charge is -2.40. The van der Waals surface area contributed by atoms with Gasteiger partial charge in [0.1, 0.15) is 5.75 Å². The first-order valence-electron chi connectivity index (χ1n) is 7.49. The summed E-state index contributed by atoms with van der Waals surface area (Å²) in [6.07, 6.45) is 5.08. The highest BCUT2D eigenvalue weighted by molar-refractivity contribution is 5.28. The fraction of sp³-hybridized carbons (Fsp3) is 0.688. The van der Waals surface area contributed by atoms with Crippen molar-refractivity contribution in [1.29, 1.82) is 0 Å². The molecular weight excluding hydrogens is 252 g/mol. The van der Waals surface area contributed by atoms with Crippen molar-refractivity contribution >= 4 is 0 Å². The Morgan fingerprint density at radius 2 is 1.85 bits per heavy atom. The van der Waals surface area contributed by atoms with E-state index in [0.717, 1.165) is 37.2 Å². The Hall–Kier alpha value is -1.13. The molecule has 0 amide bonds. The number of aliphatic hydroxyl groups is 1. The maximum atomic E-state index is 10.9. The van der Waals surface area contributed by atoms with E-state index < -0.39 is 5.60 Å². The number of piperidine rings is 1. The Morgan fingerprint density at radius 1 is 1.20 bits per heavy atom. The molecule has 0 unspecified atom stereocenters. The molecule has 20 heavy (non-hydrogen) atoms. The second-order valence-electron chi connectivity index (χ2n) is 6.24. The summed E-state index contributed by atoms with van der Waals surface area (Å²) in [7, 11) is 0. The largest absolute Gasteiger partial charge is 0.489 e. The molecule has 1 aliphatic heterocycles. The molecule has 1 aromatic rings. The monoisotopic (exact) mass is 278 g/mol. The third-order valence-electron chi connectivity index (χ3n) is 3.98. The molecule has 0 atom stereocenters. The van der Waals surface area contributed by atoms with Gasteiger partial charge in [0.25, 0.3) is 0 Å². The summed E-state index contributed by atoms with van der Waals surface area (Å²) >= 11 is 0. The Morgan fingerprint density at radius 3 is 2.40 bits per heavy atom. The maximum Gasteiger partial charge on any atom is 0.138 e. The molecule has 4 nitrogen and oxygen atoms in total. The van der Waals surface area contributed by atoms with Crippen LogP contribution in [0.25, 0.3) is 0 Å². The van der Waals surface area contributed by atoms with E-state index in [2.05, 4.69) is 23.7 Å². The van der Waals surface area contributed by atoms with Crippen LogP contribution in [0.15, 0.2) is 18.5 Å². The molecule has 0 aromatic carbocycles. The molecule has 112 valence electrons. The van der Waals surface area contributed by atoms with Crippen LogP contribution < -0.4 is 4.74 Å². The quantitative estimate of drug-likeness (QED) is 0.919. The van der Waals surface area contributed by atoms with Gasteiger partial charge in [-0.15, -0.1) is 0 Å². The predicted octanol–water partition coefficient (Wildman–Crippen LogP) is 2.56. The topological polar surface area (TPSA) is 45.6 Å². The summed E-state index contributed by atoms with van der Waals surface area (Å²) in [5.41, 5.74) is 0.105. The van der Waals surface area contributed by atoms with E-state index in [-0.39, 0.29) is 6.10 Å². The van der Waals surface area contributed by atoms with Crippen molar-refractivity contribution in [2.24, 2.45) is 0 Å². The van der Waals surface area contributed by atoms with Crippen molar-refractivity contribution < 1.29 is 9.84 Å². The molecule has 1 saturated heterocycles. The molecule has 2 heterocycles. The highest BCUT2D eigenvalue weighted by Crippen LogP contribution is 2.34. The summed E-state index contributed by atoms with van der Waals surface area (Å²) in [6.45, 7) is 10.2. The van der Waals surface area contributed by atoms with Crippen molar-refractivity contribution in [3.8, 4) is 5.75 Å². The number of likely N-dealkylation sites (tertiary alicyclic amines) is 1. The van der Waals surface area contributed by atoms with Gasteiger partial charge in [-0.25, -0.2) is 0 Å². The van der Waals surface area contributed by atoms with Gasteiger partial charge in [0.05, 0.1) is 17.9 Å². The van der Waals surface area contributed by atoms with Gasteiger partial charge in [-0.05, 0) is 46.6 Å². The lowest BCUT2D eigenvalue weighted by Crippen LogP contribution is -2.45. The number of pyridine rings is 1. The third-order valence-corrected chi connectivity index (χ3v) is 3.98. The van der Waals surface area contributed by atoms with Gasteiger partial charge in [-0.2, -0.15) is 0 Å². The molecule has 0 saturated carbocycles. The number of ether oxygens (including phenoxy) is 1. The minimum absolute atomic E-state index is 0.115. The number of nitrogens with zero attached hydrogens (tertiary/aromatic N) is 2. The lowest BCUT2D eigenvalue weighted by atomic mass is 9.85. The second-order valence-corrected chi connectivity index (χ2v) is 6.24. The smallest absolute Gasteiger partial charge is 0.138 e. The highest BCUT2D eigenvalue weighted by atomic mass is 16.5. The van der Waals surface area contributed by atoms with Crippen LogP contribution in [0.2, 0.25) is 0 Å². The van der Waals surface area contributed by atoms with E-state index in [1.54, 1.807) is 12.4 Å². The van der Waals surface area contributed by atoms with Gasteiger partial charge < -0.3 is 14.7 Å². The summed E-state index contributed by atoms with van der Waals surface area (Å²) in [6, 6.07) is 2.46. The summed E-state index contributed by atoms with van der Waals surface area (Å²) in [5, 5.41) is 10.9. The zero-order valence-corrected chi connectivity index (χ0v) is 13.0. The van der Waals surface area contributed by atoms with Crippen LogP contribution in [0.4, 0.5) is 0 Å². The Bertz CT molecular complexity index is 438. The average molecular weight is 278 g/mol. The zero-order valence-electron chi connectivity index (χ0n) is 13.0. The first-order chi connectivity index (χ1) is 9.40. The molecule has 0 spiro atoms. The van der Waals surface area contributed by atoms with Gasteiger partial charge in [0.2, 0.25) is 0 Å². The second kappa shape index (κ2) is 6.10. The third kappa shape index (κ3) is 3.49. The molecule has 1 N–H and O–H groups in total.